The van der Waals surface area contributed by atoms with Crippen LogP contribution in [0.5, 0.6) is 5.75 Å². The second-order valence-electron chi connectivity index (χ2n) is 6.12. The molecule has 0 bridgehead atoms. The highest BCUT2D eigenvalue weighted by Gasteiger charge is 2.24. The molecule has 1 atom stereocenters. The predicted molar refractivity (Wildman–Crippen MR) is 92.2 cm³/mol. The van der Waals surface area contributed by atoms with E-state index in [1.807, 2.05) is 0 Å². The van der Waals surface area contributed by atoms with Gasteiger partial charge in [0.15, 0.2) is 0 Å². The van der Waals surface area contributed by atoms with E-state index in [9.17, 15) is 0 Å². The summed E-state index contributed by atoms with van der Waals surface area (Å²) >= 11 is 3.62. The van der Waals surface area contributed by atoms with Gasteiger partial charge in [0.2, 0.25) is 0 Å². The second kappa shape index (κ2) is 7.32. The molecule has 21 heavy (non-hydrogen) atoms. The maximum atomic E-state index is 6.01. The van der Waals surface area contributed by atoms with E-state index < -0.39 is 0 Å². The molecule has 2 heterocycles. The molecule has 2 N–H and O–H groups in total. The molecule has 3 nitrogen and oxygen atoms in total. The van der Waals surface area contributed by atoms with Crippen LogP contribution in [0, 0.1) is 5.92 Å². The van der Waals surface area contributed by atoms with Crippen LogP contribution in [0.1, 0.15) is 30.9 Å². The van der Waals surface area contributed by atoms with Crippen LogP contribution in [0.2, 0.25) is 0 Å². The minimum atomic E-state index is 0. The van der Waals surface area contributed by atoms with Gasteiger partial charge in [0.1, 0.15) is 5.75 Å². The van der Waals surface area contributed by atoms with Gasteiger partial charge in [-0.25, -0.2) is 0 Å². The number of rotatable bonds is 3. The first-order valence-corrected chi connectivity index (χ1v) is 8.35. The third kappa shape index (κ3) is 3.92. The van der Waals surface area contributed by atoms with Crippen LogP contribution in [-0.4, -0.2) is 30.6 Å². The normalized spacial score (nSPS) is 20.5. The molecule has 0 radical (unpaired) electrons. The quantitative estimate of drug-likeness (QED) is 0.880. The number of benzene rings is 1. The minimum absolute atomic E-state index is 0. The Bertz CT molecular complexity index is 487. The molecule has 3 rings (SSSR count). The van der Waals surface area contributed by atoms with E-state index in [0.29, 0.717) is 12.0 Å². The lowest BCUT2D eigenvalue weighted by molar-refractivity contribution is 0.164. The van der Waals surface area contributed by atoms with Gasteiger partial charge in [-0.3, -0.25) is 4.90 Å². The Morgan fingerprint density at radius 3 is 2.76 bits per heavy atom. The average Bonchev–Trinajstić information content (AvgIpc) is 2.87. The van der Waals surface area contributed by atoms with E-state index in [1.54, 1.807) is 0 Å². The summed E-state index contributed by atoms with van der Waals surface area (Å²) in [5.41, 5.74) is 8.69. The van der Waals surface area contributed by atoms with Crippen molar-refractivity contribution < 1.29 is 4.74 Å². The van der Waals surface area contributed by atoms with Crippen LogP contribution in [0.15, 0.2) is 16.6 Å². The van der Waals surface area contributed by atoms with Gasteiger partial charge in [0.05, 0.1) is 6.61 Å². The summed E-state index contributed by atoms with van der Waals surface area (Å²) in [5, 5.41) is 0. The van der Waals surface area contributed by atoms with Gasteiger partial charge in [-0.1, -0.05) is 15.9 Å². The number of nitrogens with zero attached hydrogens (tertiary/aromatic N) is 1. The first-order chi connectivity index (χ1) is 9.63. The van der Waals surface area contributed by atoms with Gasteiger partial charge in [0, 0.05) is 29.0 Å². The van der Waals surface area contributed by atoms with E-state index in [0.717, 1.165) is 38.4 Å². The first-order valence-electron chi connectivity index (χ1n) is 7.55. The largest absolute Gasteiger partial charge is 0.493 e. The van der Waals surface area contributed by atoms with Crippen molar-refractivity contribution in [2.45, 2.75) is 38.8 Å². The van der Waals surface area contributed by atoms with E-state index in [4.69, 9.17) is 10.5 Å². The van der Waals surface area contributed by atoms with E-state index in [-0.39, 0.29) is 12.4 Å². The number of halogens is 2. The smallest absolute Gasteiger partial charge is 0.127 e. The van der Waals surface area contributed by atoms with Crippen molar-refractivity contribution in [2.75, 3.05) is 19.7 Å². The van der Waals surface area contributed by atoms with E-state index in [1.165, 1.54) is 28.4 Å². The monoisotopic (exact) mass is 374 g/mol. The van der Waals surface area contributed by atoms with Crippen LogP contribution < -0.4 is 10.5 Å². The number of piperidine rings is 1. The molecule has 1 fully saturated rings. The van der Waals surface area contributed by atoms with Crippen molar-refractivity contribution >= 4 is 28.3 Å². The summed E-state index contributed by atoms with van der Waals surface area (Å²) < 4.78 is 6.99. The van der Waals surface area contributed by atoms with Crippen LogP contribution in [0.25, 0.3) is 0 Å². The topological polar surface area (TPSA) is 38.5 Å². The lowest BCUT2D eigenvalue weighted by Gasteiger charge is -2.34. The molecule has 2 aliphatic heterocycles. The zero-order valence-electron chi connectivity index (χ0n) is 12.5. The number of likely N-dealkylation sites (tertiary alicyclic amines) is 1. The van der Waals surface area contributed by atoms with Crippen molar-refractivity contribution in [1.29, 1.82) is 0 Å². The molecule has 1 aromatic carbocycles. The molecule has 2 aliphatic rings. The maximum Gasteiger partial charge on any atom is 0.127 e. The Balaban J connectivity index is 0.00000161. The van der Waals surface area contributed by atoms with Crippen LogP contribution in [-0.2, 0) is 13.0 Å². The molecule has 5 heteroatoms. The molecular weight excluding hydrogens is 352 g/mol. The van der Waals surface area contributed by atoms with Gasteiger partial charge >= 0.3 is 0 Å². The number of hydrogen-bond donors (Lipinski definition) is 1. The summed E-state index contributed by atoms with van der Waals surface area (Å²) in [6.07, 6.45) is 3.47. The fourth-order valence-corrected chi connectivity index (χ4v) is 3.89. The average molecular weight is 376 g/mol. The maximum absolute atomic E-state index is 6.01. The summed E-state index contributed by atoms with van der Waals surface area (Å²) in [4.78, 5) is 2.53. The number of ether oxygens (including phenoxy) is 1. The standard InChI is InChI=1S/C16H23BrN2O.ClH/c1-11(18)12-2-5-19(6-3-12)10-14-9-15(17)8-13-4-7-20-16(13)14;/h8-9,11-12H,2-7,10,18H2,1H3;1H. The Labute approximate surface area is 141 Å². The first kappa shape index (κ1) is 17.1. The minimum Gasteiger partial charge on any atom is -0.493 e. The fourth-order valence-electron chi connectivity index (χ4n) is 3.34. The Kier molecular flexibility index (Phi) is 5.95. The molecule has 1 aromatic rings. The second-order valence-corrected chi connectivity index (χ2v) is 7.04. The van der Waals surface area contributed by atoms with E-state index >= 15 is 0 Å². The zero-order valence-corrected chi connectivity index (χ0v) is 14.9. The molecule has 0 aliphatic carbocycles. The molecule has 0 amide bonds. The highest BCUT2D eigenvalue weighted by Crippen LogP contribution is 2.34. The summed E-state index contributed by atoms with van der Waals surface area (Å²) in [6, 6.07) is 4.73. The highest BCUT2D eigenvalue weighted by atomic mass is 79.9. The molecule has 0 aromatic heterocycles. The zero-order chi connectivity index (χ0) is 14.1. The third-order valence-corrected chi connectivity index (χ3v) is 5.05. The summed E-state index contributed by atoms with van der Waals surface area (Å²) in [7, 11) is 0. The third-order valence-electron chi connectivity index (χ3n) is 4.60. The van der Waals surface area contributed by atoms with Gasteiger partial charge in [-0.2, -0.15) is 0 Å². The van der Waals surface area contributed by atoms with Crippen molar-refractivity contribution in [3.63, 3.8) is 0 Å². The molecule has 118 valence electrons. The predicted octanol–water partition coefficient (Wildman–Crippen LogP) is 3.37. The molecular formula is C16H24BrClN2O. The van der Waals surface area contributed by atoms with Gasteiger partial charge < -0.3 is 10.5 Å². The number of nitrogens with two attached hydrogens (primary N) is 1. The van der Waals surface area contributed by atoms with Crippen molar-refractivity contribution in [3.8, 4) is 5.75 Å². The molecule has 0 spiro atoms. The molecule has 1 saturated heterocycles. The van der Waals surface area contributed by atoms with Gasteiger partial charge in [-0.05, 0) is 56.5 Å². The van der Waals surface area contributed by atoms with Gasteiger partial charge in [0.25, 0.3) is 0 Å². The summed E-state index contributed by atoms with van der Waals surface area (Å²) in [6.45, 7) is 6.25. The Hall–Kier alpha value is -0.290. The van der Waals surface area contributed by atoms with Crippen molar-refractivity contribution in [3.05, 3.63) is 27.7 Å². The lowest BCUT2D eigenvalue weighted by atomic mass is 9.91. The molecule has 0 saturated carbocycles. The number of hydrogen-bond acceptors (Lipinski definition) is 3. The Morgan fingerprint density at radius 2 is 2.10 bits per heavy atom. The van der Waals surface area contributed by atoms with Crippen LogP contribution in [0.4, 0.5) is 0 Å². The highest BCUT2D eigenvalue weighted by molar-refractivity contribution is 9.10. The van der Waals surface area contributed by atoms with E-state index in [2.05, 4.69) is 39.9 Å². The molecule has 1 unspecified atom stereocenters. The Morgan fingerprint density at radius 1 is 1.38 bits per heavy atom. The van der Waals surface area contributed by atoms with Gasteiger partial charge in [-0.15, -0.1) is 12.4 Å². The SMILES string of the molecule is CC(N)C1CCN(Cc2cc(Br)cc3c2OCC3)CC1.Cl. The van der Waals surface area contributed by atoms with Crippen molar-refractivity contribution in [1.82, 2.24) is 4.90 Å². The van der Waals surface area contributed by atoms with Crippen LogP contribution in [0.3, 0.4) is 0 Å². The number of fused-ring (bicyclic) bond motifs is 1. The van der Waals surface area contributed by atoms with Crippen molar-refractivity contribution in [2.24, 2.45) is 11.7 Å². The lowest BCUT2D eigenvalue weighted by Crippen LogP contribution is -2.39. The summed E-state index contributed by atoms with van der Waals surface area (Å²) in [5.74, 6) is 1.82. The fraction of sp³-hybridized carbons (Fsp3) is 0.625. The van der Waals surface area contributed by atoms with Crippen LogP contribution >= 0.6 is 28.3 Å².